The van der Waals surface area contributed by atoms with Crippen molar-refractivity contribution in [1.29, 1.82) is 0 Å². The number of anilines is 2. The van der Waals surface area contributed by atoms with E-state index in [1.807, 2.05) is 0 Å². The number of methoxy groups -OCH3 is 2. The zero-order valence-electron chi connectivity index (χ0n) is 11.3. The van der Waals surface area contributed by atoms with E-state index in [4.69, 9.17) is 9.47 Å². The Kier molecular flexibility index (Phi) is 3.74. The summed E-state index contributed by atoms with van der Waals surface area (Å²) >= 11 is 0. The molecule has 0 unspecified atom stereocenters. The lowest BCUT2D eigenvalue weighted by atomic mass is 10.2. The van der Waals surface area contributed by atoms with Crippen molar-refractivity contribution in [2.45, 2.75) is 0 Å². The zero-order chi connectivity index (χ0) is 14.7. The summed E-state index contributed by atoms with van der Waals surface area (Å²) in [7, 11) is 4.65. The first-order valence-corrected chi connectivity index (χ1v) is 5.71. The third-order valence-corrected chi connectivity index (χ3v) is 2.68. The molecule has 0 radical (unpaired) electrons. The molecule has 20 heavy (non-hydrogen) atoms. The number of nitro benzene ring substituents is 1. The highest BCUT2D eigenvalue weighted by atomic mass is 16.6. The molecule has 1 aromatic carbocycles. The van der Waals surface area contributed by atoms with E-state index in [9.17, 15) is 10.1 Å². The van der Waals surface area contributed by atoms with Crippen LogP contribution in [0.4, 0.5) is 17.1 Å². The molecular weight excluding hydrogens is 264 g/mol. The minimum atomic E-state index is -0.485. The number of hydrogen-bond donors (Lipinski definition) is 1. The molecule has 1 heterocycles. The minimum absolute atomic E-state index is 0.105. The van der Waals surface area contributed by atoms with Crippen LogP contribution in [0, 0.1) is 10.1 Å². The van der Waals surface area contributed by atoms with Gasteiger partial charge in [-0.15, -0.1) is 0 Å². The number of nitrogens with one attached hydrogen (secondary N) is 1. The number of nitrogens with zero attached hydrogens (tertiary/aromatic N) is 3. The van der Waals surface area contributed by atoms with Crippen molar-refractivity contribution in [3.05, 3.63) is 34.6 Å². The van der Waals surface area contributed by atoms with Gasteiger partial charge in [-0.05, 0) is 0 Å². The maximum Gasteiger partial charge on any atom is 0.296 e. The van der Waals surface area contributed by atoms with Gasteiger partial charge in [-0.1, -0.05) is 0 Å². The van der Waals surface area contributed by atoms with Gasteiger partial charge in [0.1, 0.15) is 5.69 Å². The third kappa shape index (κ3) is 2.63. The molecular formula is C12H14N4O4. The summed E-state index contributed by atoms with van der Waals surface area (Å²) in [5.74, 6) is 0.709. The smallest absolute Gasteiger partial charge is 0.296 e. The minimum Gasteiger partial charge on any atom is -0.493 e. The van der Waals surface area contributed by atoms with Gasteiger partial charge in [-0.3, -0.25) is 14.8 Å². The lowest BCUT2D eigenvalue weighted by Gasteiger charge is -2.11. The van der Waals surface area contributed by atoms with E-state index in [2.05, 4.69) is 10.4 Å². The molecule has 0 aliphatic carbocycles. The Morgan fingerprint density at radius 2 is 1.95 bits per heavy atom. The summed E-state index contributed by atoms with van der Waals surface area (Å²) in [6.45, 7) is 0. The molecule has 2 rings (SSSR count). The lowest BCUT2D eigenvalue weighted by Crippen LogP contribution is -1.99. The van der Waals surface area contributed by atoms with E-state index in [0.29, 0.717) is 22.9 Å². The van der Waals surface area contributed by atoms with Gasteiger partial charge in [0, 0.05) is 19.3 Å². The van der Waals surface area contributed by atoms with Crippen molar-refractivity contribution in [3.63, 3.8) is 0 Å². The Morgan fingerprint density at radius 1 is 1.30 bits per heavy atom. The first-order chi connectivity index (χ1) is 9.55. The Hall–Kier alpha value is -2.77. The van der Waals surface area contributed by atoms with E-state index < -0.39 is 4.92 Å². The van der Waals surface area contributed by atoms with Crippen LogP contribution in [0.5, 0.6) is 11.5 Å². The largest absolute Gasteiger partial charge is 0.493 e. The number of ether oxygens (including phenoxy) is 2. The lowest BCUT2D eigenvalue weighted by molar-refractivity contribution is -0.384. The monoisotopic (exact) mass is 278 g/mol. The SMILES string of the molecule is COc1cc(Nc2cnn(C)c2)c([N+](=O)[O-])cc1OC. The van der Waals surface area contributed by atoms with Crippen molar-refractivity contribution >= 4 is 17.1 Å². The van der Waals surface area contributed by atoms with Crippen LogP contribution in [0.3, 0.4) is 0 Å². The number of nitro groups is 1. The molecule has 2 aromatic rings. The highest BCUT2D eigenvalue weighted by molar-refractivity contribution is 5.73. The van der Waals surface area contributed by atoms with Crippen molar-refractivity contribution in [2.24, 2.45) is 7.05 Å². The predicted octanol–water partition coefficient (Wildman–Crippen LogP) is 2.09. The number of aryl methyl sites for hydroxylation is 1. The Balaban J connectivity index is 2.46. The van der Waals surface area contributed by atoms with E-state index in [0.717, 1.165) is 0 Å². The maximum atomic E-state index is 11.1. The average Bonchev–Trinajstić information content (AvgIpc) is 2.83. The van der Waals surface area contributed by atoms with Gasteiger partial charge in [0.15, 0.2) is 11.5 Å². The number of hydrogen-bond acceptors (Lipinski definition) is 6. The first-order valence-electron chi connectivity index (χ1n) is 5.71. The Bertz CT molecular complexity index is 638. The van der Waals surface area contributed by atoms with Crippen molar-refractivity contribution in [2.75, 3.05) is 19.5 Å². The molecule has 8 nitrogen and oxygen atoms in total. The van der Waals surface area contributed by atoms with Crippen LogP contribution in [0.1, 0.15) is 0 Å². The van der Waals surface area contributed by atoms with Crippen LogP contribution >= 0.6 is 0 Å². The van der Waals surface area contributed by atoms with Gasteiger partial charge in [0.05, 0.1) is 37.1 Å². The number of benzene rings is 1. The van der Waals surface area contributed by atoms with Gasteiger partial charge >= 0.3 is 0 Å². The fraction of sp³-hybridized carbons (Fsp3) is 0.250. The topological polar surface area (TPSA) is 91.5 Å². The molecule has 0 saturated heterocycles. The summed E-state index contributed by atoms with van der Waals surface area (Å²) in [5.41, 5.74) is 0.843. The summed E-state index contributed by atoms with van der Waals surface area (Å²) < 4.78 is 11.8. The van der Waals surface area contributed by atoms with E-state index in [1.54, 1.807) is 24.1 Å². The van der Waals surface area contributed by atoms with Crippen LogP contribution in [-0.4, -0.2) is 28.9 Å². The summed E-state index contributed by atoms with van der Waals surface area (Å²) in [6, 6.07) is 2.83. The van der Waals surface area contributed by atoms with Crippen molar-refractivity contribution < 1.29 is 14.4 Å². The van der Waals surface area contributed by atoms with Gasteiger partial charge in [-0.25, -0.2) is 0 Å². The van der Waals surface area contributed by atoms with Gasteiger partial charge in [-0.2, -0.15) is 5.10 Å². The van der Waals surface area contributed by atoms with Crippen molar-refractivity contribution in [1.82, 2.24) is 9.78 Å². The molecule has 8 heteroatoms. The van der Waals surface area contributed by atoms with Gasteiger partial charge < -0.3 is 14.8 Å². The zero-order valence-corrected chi connectivity index (χ0v) is 11.3. The molecule has 0 bridgehead atoms. The van der Waals surface area contributed by atoms with Crippen LogP contribution in [-0.2, 0) is 7.05 Å². The molecule has 1 aromatic heterocycles. The highest BCUT2D eigenvalue weighted by Gasteiger charge is 2.19. The molecule has 0 fully saturated rings. The molecule has 0 aliphatic heterocycles. The van der Waals surface area contributed by atoms with Gasteiger partial charge in [0.2, 0.25) is 0 Å². The summed E-state index contributed by atoms with van der Waals surface area (Å²) in [4.78, 5) is 10.6. The molecule has 0 atom stereocenters. The van der Waals surface area contributed by atoms with Crippen LogP contribution < -0.4 is 14.8 Å². The summed E-state index contributed by atoms with van der Waals surface area (Å²) in [6.07, 6.45) is 3.28. The molecule has 106 valence electrons. The third-order valence-electron chi connectivity index (χ3n) is 2.68. The maximum absolute atomic E-state index is 11.1. The molecule has 0 saturated carbocycles. The predicted molar refractivity (Wildman–Crippen MR) is 72.7 cm³/mol. The first kappa shape index (κ1) is 13.7. The van der Waals surface area contributed by atoms with Crippen LogP contribution in [0.25, 0.3) is 0 Å². The van der Waals surface area contributed by atoms with E-state index >= 15 is 0 Å². The number of rotatable bonds is 5. The van der Waals surface area contributed by atoms with Crippen LogP contribution in [0.2, 0.25) is 0 Å². The highest BCUT2D eigenvalue weighted by Crippen LogP contribution is 2.38. The van der Waals surface area contributed by atoms with Crippen molar-refractivity contribution in [3.8, 4) is 11.5 Å². The average molecular weight is 278 g/mol. The second kappa shape index (κ2) is 5.47. The second-order valence-corrected chi connectivity index (χ2v) is 4.01. The Morgan fingerprint density at radius 3 is 2.45 bits per heavy atom. The molecule has 0 aliphatic rings. The second-order valence-electron chi connectivity index (χ2n) is 4.01. The summed E-state index contributed by atoms with van der Waals surface area (Å²) in [5, 5.41) is 18.1. The molecule has 1 N–H and O–H groups in total. The Labute approximate surface area is 115 Å². The number of aromatic nitrogens is 2. The van der Waals surface area contributed by atoms with Crippen LogP contribution in [0.15, 0.2) is 24.5 Å². The van der Waals surface area contributed by atoms with E-state index in [-0.39, 0.29) is 5.69 Å². The normalized spacial score (nSPS) is 10.2. The molecule has 0 amide bonds. The molecule has 0 spiro atoms. The fourth-order valence-electron chi connectivity index (χ4n) is 1.76. The quantitative estimate of drug-likeness (QED) is 0.665. The standard InChI is InChI=1S/C12H14N4O4/c1-15-7-8(6-13-15)14-9-4-11(19-2)12(20-3)5-10(9)16(17)18/h4-7,14H,1-3H3. The van der Waals surface area contributed by atoms with E-state index in [1.165, 1.54) is 26.4 Å². The van der Waals surface area contributed by atoms with Gasteiger partial charge in [0.25, 0.3) is 5.69 Å². The fourth-order valence-corrected chi connectivity index (χ4v) is 1.76.